The van der Waals surface area contributed by atoms with Crippen molar-refractivity contribution < 1.29 is 9.47 Å². The Bertz CT molecular complexity index is 1140. The van der Waals surface area contributed by atoms with Gasteiger partial charge in [-0.3, -0.25) is 0 Å². The van der Waals surface area contributed by atoms with Crippen molar-refractivity contribution in [1.29, 1.82) is 0 Å². The first-order valence-corrected chi connectivity index (χ1v) is 10.5. The summed E-state index contributed by atoms with van der Waals surface area (Å²) in [7, 11) is 0. The van der Waals surface area contributed by atoms with Gasteiger partial charge in [0.15, 0.2) is 11.5 Å². The predicted octanol–water partition coefficient (Wildman–Crippen LogP) is 7.08. The summed E-state index contributed by atoms with van der Waals surface area (Å²) in [6.45, 7) is 3.69. The van der Waals surface area contributed by atoms with Crippen molar-refractivity contribution in [3.8, 4) is 11.5 Å². The lowest BCUT2D eigenvalue weighted by atomic mass is 10.1. The molecule has 0 aliphatic heterocycles. The van der Waals surface area contributed by atoms with Gasteiger partial charge in [0.25, 0.3) is 0 Å². The van der Waals surface area contributed by atoms with E-state index in [9.17, 15) is 0 Å². The van der Waals surface area contributed by atoms with Gasteiger partial charge in [-0.1, -0.05) is 66.2 Å². The molecule has 0 saturated carbocycles. The molecule has 0 bridgehead atoms. The van der Waals surface area contributed by atoms with Crippen LogP contribution in [0.5, 0.6) is 11.5 Å². The number of hydrogen-bond acceptors (Lipinski definition) is 3. The third kappa shape index (κ3) is 4.87. The Morgan fingerprint density at radius 1 is 0.767 bits per heavy atom. The highest BCUT2D eigenvalue weighted by Crippen LogP contribution is 2.30. The van der Waals surface area contributed by atoms with Crippen molar-refractivity contribution in [1.82, 2.24) is 0 Å². The van der Waals surface area contributed by atoms with Gasteiger partial charge in [0, 0.05) is 22.6 Å². The molecule has 1 N–H and O–H groups in total. The largest absolute Gasteiger partial charge is 0.490 e. The van der Waals surface area contributed by atoms with E-state index in [0.29, 0.717) is 24.8 Å². The van der Waals surface area contributed by atoms with Crippen molar-refractivity contribution in [3.05, 3.63) is 101 Å². The second-order valence-electron chi connectivity index (χ2n) is 7.01. The Morgan fingerprint density at radius 2 is 1.60 bits per heavy atom. The monoisotopic (exact) mass is 417 g/mol. The zero-order chi connectivity index (χ0) is 20.8. The quantitative estimate of drug-likeness (QED) is 0.332. The van der Waals surface area contributed by atoms with Gasteiger partial charge in [-0.25, -0.2) is 0 Å². The van der Waals surface area contributed by atoms with Crippen molar-refractivity contribution in [2.45, 2.75) is 20.1 Å². The third-order valence-corrected chi connectivity index (χ3v) is 5.10. The molecule has 0 aliphatic carbocycles. The molecular weight excluding hydrogens is 394 g/mol. The lowest BCUT2D eigenvalue weighted by molar-refractivity contribution is 0.269. The average molecular weight is 418 g/mol. The molecule has 4 aromatic carbocycles. The first kappa shape index (κ1) is 20.1. The fraction of sp³-hybridized carbons (Fsp3) is 0.154. The fourth-order valence-electron chi connectivity index (χ4n) is 3.41. The Hall–Kier alpha value is -3.17. The molecule has 0 aromatic heterocycles. The van der Waals surface area contributed by atoms with Crippen LogP contribution in [0.4, 0.5) is 5.69 Å². The van der Waals surface area contributed by atoms with Crippen LogP contribution in [-0.2, 0) is 13.2 Å². The van der Waals surface area contributed by atoms with E-state index in [4.69, 9.17) is 21.1 Å². The van der Waals surface area contributed by atoms with Crippen LogP contribution >= 0.6 is 11.6 Å². The second kappa shape index (κ2) is 9.55. The van der Waals surface area contributed by atoms with E-state index in [1.807, 2.05) is 43.3 Å². The number of benzene rings is 4. The standard InChI is InChI=1S/C26H24ClNO2/c1-2-29-26-16-19(13-14-25(26)30-18-20-7-5-10-22(27)15-20)17-28-24-12-6-9-21-8-3-4-11-23(21)24/h3-16,28H,2,17-18H2,1H3. The molecule has 4 rings (SSSR count). The van der Waals surface area contributed by atoms with Crippen molar-refractivity contribution in [2.24, 2.45) is 0 Å². The Balaban J connectivity index is 1.48. The van der Waals surface area contributed by atoms with Gasteiger partial charge < -0.3 is 14.8 Å². The maximum Gasteiger partial charge on any atom is 0.161 e. The topological polar surface area (TPSA) is 30.5 Å². The first-order chi connectivity index (χ1) is 14.7. The minimum Gasteiger partial charge on any atom is -0.490 e. The van der Waals surface area contributed by atoms with Gasteiger partial charge in [0.1, 0.15) is 6.61 Å². The average Bonchev–Trinajstić information content (AvgIpc) is 2.77. The van der Waals surface area contributed by atoms with Crippen molar-refractivity contribution in [3.63, 3.8) is 0 Å². The number of halogens is 1. The minimum absolute atomic E-state index is 0.439. The second-order valence-corrected chi connectivity index (χ2v) is 7.45. The summed E-state index contributed by atoms with van der Waals surface area (Å²) >= 11 is 6.06. The molecule has 0 aliphatic rings. The van der Waals surface area contributed by atoms with Gasteiger partial charge in [-0.2, -0.15) is 0 Å². The molecule has 0 heterocycles. The Labute approximate surface area is 182 Å². The van der Waals surface area contributed by atoms with E-state index in [-0.39, 0.29) is 0 Å². The van der Waals surface area contributed by atoms with Crippen LogP contribution in [0.2, 0.25) is 5.02 Å². The highest BCUT2D eigenvalue weighted by Gasteiger charge is 2.08. The van der Waals surface area contributed by atoms with Crippen LogP contribution in [0.15, 0.2) is 84.9 Å². The van der Waals surface area contributed by atoms with Crippen LogP contribution in [0.25, 0.3) is 10.8 Å². The number of hydrogen-bond donors (Lipinski definition) is 1. The number of anilines is 1. The molecule has 0 amide bonds. The molecule has 0 spiro atoms. The number of rotatable bonds is 8. The number of nitrogens with one attached hydrogen (secondary N) is 1. The summed E-state index contributed by atoms with van der Waals surface area (Å²) in [5.74, 6) is 1.47. The molecule has 4 heteroatoms. The van der Waals surface area contributed by atoms with Crippen LogP contribution in [0, 0.1) is 0 Å². The SMILES string of the molecule is CCOc1cc(CNc2cccc3ccccc23)ccc1OCc1cccc(Cl)c1. The van der Waals surface area contributed by atoms with E-state index in [1.165, 1.54) is 10.8 Å². The van der Waals surface area contributed by atoms with Gasteiger partial charge in [-0.05, 0) is 53.8 Å². The number of fused-ring (bicyclic) bond motifs is 1. The molecule has 3 nitrogen and oxygen atoms in total. The van der Waals surface area contributed by atoms with E-state index in [0.717, 1.165) is 28.3 Å². The molecule has 4 aromatic rings. The van der Waals surface area contributed by atoms with E-state index >= 15 is 0 Å². The lowest BCUT2D eigenvalue weighted by Crippen LogP contribution is -2.03. The molecule has 0 radical (unpaired) electrons. The summed E-state index contributed by atoms with van der Waals surface area (Å²) in [5.41, 5.74) is 3.26. The lowest BCUT2D eigenvalue weighted by Gasteiger charge is -2.15. The number of ether oxygens (including phenoxy) is 2. The third-order valence-electron chi connectivity index (χ3n) is 4.86. The van der Waals surface area contributed by atoms with Gasteiger partial charge in [0.2, 0.25) is 0 Å². The Kier molecular flexibility index (Phi) is 6.41. The van der Waals surface area contributed by atoms with Crippen LogP contribution in [0.1, 0.15) is 18.1 Å². The van der Waals surface area contributed by atoms with Crippen molar-refractivity contribution >= 4 is 28.1 Å². The molecule has 0 atom stereocenters. The Morgan fingerprint density at radius 3 is 2.47 bits per heavy atom. The van der Waals surface area contributed by atoms with Crippen LogP contribution in [0.3, 0.4) is 0 Å². The van der Waals surface area contributed by atoms with E-state index in [1.54, 1.807) is 0 Å². The molecule has 0 fully saturated rings. The minimum atomic E-state index is 0.439. The summed E-state index contributed by atoms with van der Waals surface area (Å²) < 4.78 is 11.8. The van der Waals surface area contributed by atoms with Gasteiger partial charge >= 0.3 is 0 Å². The van der Waals surface area contributed by atoms with Gasteiger partial charge in [0.05, 0.1) is 6.61 Å². The highest BCUT2D eigenvalue weighted by atomic mass is 35.5. The zero-order valence-electron chi connectivity index (χ0n) is 16.9. The summed E-state index contributed by atoms with van der Waals surface area (Å²) in [6, 6.07) is 28.4. The maximum atomic E-state index is 6.06. The summed E-state index contributed by atoms with van der Waals surface area (Å²) in [6.07, 6.45) is 0. The van der Waals surface area contributed by atoms with Gasteiger partial charge in [-0.15, -0.1) is 0 Å². The smallest absolute Gasteiger partial charge is 0.161 e. The summed E-state index contributed by atoms with van der Waals surface area (Å²) in [5, 5.41) is 6.69. The zero-order valence-corrected chi connectivity index (χ0v) is 17.7. The fourth-order valence-corrected chi connectivity index (χ4v) is 3.63. The molecular formula is C26H24ClNO2. The maximum absolute atomic E-state index is 6.06. The molecule has 0 unspecified atom stereocenters. The van der Waals surface area contributed by atoms with Crippen LogP contribution < -0.4 is 14.8 Å². The van der Waals surface area contributed by atoms with Crippen molar-refractivity contribution in [2.75, 3.05) is 11.9 Å². The normalized spacial score (nSPS) is 10.7. The molecule has 0 saturated heterocycles. The predicted molar refractivity (Wildman–Crippen MR) is 125 cm³/mol. The van der Waals surface area contributed by atoms with E-state index in [2.05, 4.69) is 53.8 Å². The van der Waals surface area contributed by atoms with Crippen LogP contribution in [-0.4, -0.2) is 6.61 Å². The molecule has 152 valence electrons. The first-order valence-electron chi connectivity index (χ1n) is 10.1. The summed E-state index contributed by atoms with van der Waals surface area (Å²) in [4.78, 5) is 0. The van der Waals surface area contributed by atoms with E-state index < -0.39 is 0 Å². The molecule has 30 heavy (non-hydrogen) atoms. The highest BCUT2D eigenvalue weighted by molar-refractivity contribution is 6.30.